The first kappa shape index (κ1) is 13.5. The van der Waals surface area contributed by atoms with Crippen molar-refractivity contribution in [1.29, 1.82) is 0 Å². The van der Waals surface area contributed by atoms with Crippen LogP contribution < -0.4 is 11.1 Å². The van der Waals surface area contributed by atoms with Gasteiger partial charge in [0, 0.05) is 22.5 Å². The number of halogens is 1. The summed E-state index contributed by atoms with van der Waals surface area (Å²) in [5.41, 5.74) is 5.32. The molecule has 3 nitrogen and oxygen atoms in total. The highest BCUT2D eigenvalue weighted by molar-refractivity contribution is 9.10. The van der Waals surface area contributed by atoms with Gasteiger partial charge >= 0.3 is 0 Å². The fraction of sp³-hybridized carbons (Fsp3) is 0.364. The molecule has 1 aromatic rings. The van der Waals surface area contributed by atoms with Crippen LogP contribution in [0.25, 0.3) is 0 Å². The first-order chi connectivity index (χ1) is 7.63. The average Bonchev–Trinajstić information content (AvgIpc) is 2.29. The topological polar surface area (TPSA) is 55.1 Å². The van der Waals surface area contributed by atoms with Crippen LogP contribution in [0, 0.1) is 0 Å². The number of thioether (sulfide) groups is 1. The third kappa shape index (κ3) is 4.55. The molecule has 0 fully saturated rings. The van der Waals surface area contributed by atoms with Crippen LogP contribution in [0.3, 0.4) is 0 Å². The first-order valence-electron chi connectivity index (χ1n) is 5.03. The molecule has 0 saturated heterocycles. The first-order valence-corrected chi connectivity index (χ1v) is 6.70. The molecule has 0 aliphatic carbocycles. The number of hydrogen-bond acceptors (Lipinski definition) is 3. The van der Waals surface area contributed by atoms with Crippen molar-refractivity contribution < 1.29 is 4.79 Å². The molecule has 0 heterocycles. The summed E-state index contributed by atoms with van der Waals surface area (Å²) in [6.07, 6.45) is 0. The van der Waals surface area contributed by atoms with Gasteiger partial charge in [0.2, 0.25) is 5.91 Å². The fourth-order valence-electron chi connectivity index (χ4n) is 1.11. The predicted molar refractivity (Wildman–Crippen MR) is 71.5 cm³/mol. The van der Waals surface area contributed by atoms with Gasteiger partial charge in [-0.15, -0.1) is 11.8 Å². The fourth-order valence-corrected chi connectivity index (χ4v) is 2.27. The molecule has 0 radical (unpaired) electrons. The lowest BCUT2D eigenvalue weighted by molar-refractivity contribution is -0.120. The highest BCUT2D eigenvalue weighted by Crippen LogP contribution is 2.24. The molecule has 1 rings (SSSR count). The van der Waals surface area contributed by atoms with Gasteiger partial charge in [0.25, 0.3) is 0 Å². The number of amides is 1. The lowest BCUT2D eigenvalue weighted by atomic mass is 10.4. The van der Waals surface area contributed by atoms with E-state index in [2.05, 4.69) is 21.2 Å². The van der Waals surface area contributed by atoms with E-state index in [1.807, 2.05) is 31.2 Å². The minimum absolute atomic E-state index is 0.0263. The summed E-state index contributed by atoms with van der Waals surface area (Å²) in [6, 6.07) is 7.91. The molecule has 0 aliphatic rings. The Kier molecular flexibility index (Phi) is 5.87. The standard InChI is InChI=1S/C11H15BrN2OS/c1-8(11(15)14-7-6-13)16-10-4-2-9(12)3-5-10/h2-5,8H,6-7,13H2,1H3,(H,14,15). The van der Waals surface area contributed by atoms with Crippen LogP contribution in [0.2, 0.25) is 0 Å². The summed E-state index contributed by atoms with van der Waals surface area (Å²) in [7, 11) is 0. The Labute approximate surface area is 108 Å². The molecule has 1 unspecified atom stereocenters. The molecule has 3 N–H and O–H groups in total. The Morgan fingerprint density at radius 2 is 2.12 bits per heavy atom. The van der Waals surface area contributed by atoms with Gasteiger partial charge in [-0.25, -0.2) is 0 Å². The number of carbonyl (C=O) groups excluding carboxylic acids is 1. The zero-order valence-corrected chi connectivity index (χ0v) is 11.5. The van der Waals surface area contributed by atoms with Gasteiger partial charge in [-0.2, -0.15) is 0 Å². The minimum Gasteiger partial charge on any atom is -0.354 e. The summed E-state index contributed by atoms with van der Waals surface area (Å²) in [5, 5.41) is 2.67. The average molecular weight is 303 g/mol. The minimum atomic E-state index is -0.104. The second-order valence-corrected chi connectivity index (χ2v) is 5.62. The highest BCUT2D eigenvalue weighted by atomic mass is 79.9. The lowest BCUT2D eigenvalue weighted by Crippen LogP contribution is -2.34. The van der Waals surface area contributed by atoms with Crippen molar-refractivity contribution in [3.05, 3.63) is 28.7 Å². The molecule has 1 aromatic carbocycles. The SMILES string of the molecule is CC(Sc1ccc(Br)cc1)C(=O)NCCN. The van der Waals surface area contributed by atoms with Gasteiger partial charge < -0.3 is 11.1 Å². The number of hydrogen-bond donors (Lipinski definition) is 2. The second-order valence-electron chi connectivity index (χ2n) is 3.29. The van der Waals surface area contributed by atoms with Crippen molar-refractivity contribution in [3.63, 3.8) is 0 Å². The maximum absolute atomic E-state index is 11.6. The molecule has 0 spiro atoms. The van der Waals surface area contributed by atoms with Crippen molar-refractivity contribution >= 4 is 33.6 Å². The number of rotatable bonds is 5. The van der Waals surface area contributed by atoms with Gasteiger partial charge in [0.15, 0.2) is 0 Å². The van der Waals surface area contributed by atoms with E-state index in [9.17, 15) is 4.79 Å². The van der Waals surface area contributed by atoms with Crippen LogP contribution in [0.5, 0.6) is 0 Å². The normalized spacial score (nSPS) is 12.2. The molecule has 0 aromatic heterocycles. The second kappa shape index (κ2) is 6.93. The van der Waals surface area contributed by atoms with E-state index >= 15 is 0 Å². The van der Waals surface area contributed by atoms with Crippen LogP contribution in [0.4, 0.5) is 0 Å². The summed E-state index contributed by atoms with van der Waals surface area (Å²) in [4.78, 5) is 12.7. The number of nitrogens with one attached hydrogen (secondary N) is 1. The smallest absolute Gasteiger partial charge is 0.233 e. The zero-order valence-electron chi connectivity index (χ0n) is 9.07. The van der Waals surface area contributed by atoms with Crippen LogP contribution in [0.15, 0.2) is 33.6 Å². The van der Waals surface area contributed by atoms with Crippen molar-refractivity contribution in [2.45, 2.75) is 17.1 Å². The Balaban J connectivity index is 2.47. The molecule has 1 amide bonds. The molecule has 88 valence electrons. The van der Waals surface area contributed by atoms with Gasteiger partial charge in [0.1, 0.15) is 0 Å². The van der Waals surface area contributed by atoms with E-state index in [1.54, 1.807) is 0 Å². The monoisotopic (exact) mass is 302 g/mol. The number of nitrogens with two attached hydrogens (primary N) is 1. The van der Waals surface area contributed by atoms with Crippen molar-refractivity contribution in [2.75, 3.05) is 13.1 Å². The Morgan fingerprint density at radius 3 is 2.69 bits per heavy atom. The maximum atomic E-state index is 11.6. The largest absolute Gasteiger partial charge is 0.354 e. The van der Waals surface area contributed by atoms with Crippen molar-refractivity contribution in [2.24, 2.45) is 5.73 Å². The Morgan fingerprint density at radius 1 is 1.50 bits per heavy atom. The highest BCUT2D eigenvalue weighted by Gasteiger charge is 2.13. The van der Waals surface area contributed by atoms with E-state index < -0.39 is 0 Å². The van der Waals surface area contributed by atoms with Crippen LogP contribution in [-0.4, -0.2) is 24.2 Å². The van der Waals surface area contributed by atoms with E-state index in [-0.39, 0.29) is 11.2 Å². The third-order valence-corrected chi connectivity index (χ3v) is 3.58. The number of benzene rings is 1. The van der Waals surface area contributed by atoms with Crippen molar-refractivity contribution in [1.82, 2.24) is 5.32 Å². The summed E-state index contributed by atoms with van der Waals surface area (Å²) in [6.45, 7) is 2.89. The maximum Gasteiger partial charge on any atom is 0.233 e. The molecule has 5 heteroatoms. The zero-order chi connectivity index (χ0) is 12.0. The molecule has 0 saturated carbocycles. The summed E-state index contributed by atoms with van der Waals surface area (Å²) >= 11 is 4.91. The van der Waals surface area contributed by atoms with Gasteiger partial charge in [0.05, 0.1) is 5.25 Å². The molecule has 0 aliphatic heterocycles. The van der Waals surface area contributed by atoms with Crippen LogP contribution in [-0.2, 0) is 4.79 Å². The molecular formula is C11H15BrN2OS. The van der Waals surface area contributed by atoms with E-state index in [4.69, 9.17) is 5.73 Å². The quantitative estimate of drug-likeness (QED) is 0.818. The molecule has 0 bridgehead atoms. The van der Waals surface area contributed by atoms with E-state index in [1.165, 1.54) is 11.8 Å². The van der Waals surface area contributed by atoms with Crippen LogP contribution in [0.1, 0.15) is 6.92 Å². The lowest BCUT2D eigenvalue weighted by Gasteiger charge is -2.11. The van der Waals surface area contributed by atoms with E-state index in [0.717, 1.165) is 9.37 Å². The van der Waals surface area contributed by atoms with Crippen molar-refractivity contribution in [3.8, 4) is 0 Å². The third-order valence-electron chi connectivity index (χ3n) is 1.94. The van der Waals surface area contributed by atoms with Crippen LogP contribution >= 0.6 is 27.7 Å². The van der Waals surface area contributed by atoms with Gasteiger partial charge in [-0.3, -0.25) is 4.79 Å². The molecular weight excluding hydrogens is 288 g/mol. The van der Waals surface area contributed by atoms with Gasteiger partial charge in [-0.1, -0.05) is 15.9 Å². The summed E-state index contributed by atoms with van der Waals surface area (Å²) in [5.74, 6) is 0.0263. The number of carbonyl (C=O) groups is 1. The Hall–Kier alpha value is -0.520. The molecule has 16 heavy (non-hydrogen) atoms. The predicted octanol–water partition coefficient (Wildman–Crippen LogP) is 2.00. The van der Waals surface area contributed by atoms with Gasteiger partial charge in [-0.05, 0) is 31.2 Å². The molecule has 1 atom stereocenters. The summed E-state index contributed by atoms with van der Waals surface area (Å²) < 4.78 is 1.04. The Bertz CT molecular complexity index is 342. The van der Waals surface area contributed by atoms with E-state index in [0.29, 0.717) is 13.1 Å².